The molecule has 0 aliphatic heterocycles. The van der Waals surface area contributed by atoms with Crippen LogP contribution in [-0.4, -0.2) is 35.8 Å². The van der Waals surface area contributed by atoms with Gasteiger partial charge in [0.15, 0.2) is 0 Å². The third kappa shape index (κ3) is 3.47. The van der Waals surface area contributed by atoms with Gasteiger partial charge in [-0.2, -0.15) is 0 Å². The van der Waals surface area contributed by atoms with Crippen LogP contribution in [0.1, 0.15) is 36.0 Å². The molecule has 0 spiro atoms. The number of likely N-dealkylation sites (N-methyl/N-ethyl adjacent to an activating group) is 1. The smallest absolute Gasteiger partial charge is 0.264 e. The van der Waals surface area contributed by atoms with E-state index < -0.39 is 0 Å². The summed E-state index contributed by atoms with van der Waals surface area (Å²) in [4.78, 5) is 27.0. The summed E-state index contributed by atoms with van der Waals surface area (Å²) in [5.74, 6) is -0.191. The molecular formula is C17H22N2O2S. The van der Waals surface area contributed by atoms with Crippen LogP contribution in [0.4, 0.5) is 0 Å². The van der Waals surface area contributed by atoms with E-state index in [0.717, 1.165) is 20.5 Å². The van der Waals surface area contributed by atoms with Crippen molar-refractivity contribution >= 4 is 33.2 Å². The first-order valence-corrected chi connectivity index (χ1v) is 8.32. The normalized spacial score (nSPS) is 11.0. The molecule has 0 aliphatic carbocycles. The van der Waals surface area contributed by atoms with E-state index in [2.05, 4.69) is 5.32 Å². The molecule has 5 heteroatoms. The van der Waals surface area contributed by atoms with Crippen molar-refractivity contribution in [2.75, 3.05) is 13.1 Å². The van der Waals surface area contributed by atoms with Crippen molar-refractivity contribution in [3.63, 3.8) is 0 Å². The first-order chi connectivity index (χ1) is 10.4. The fourth-order valence-electron chi connectivity index (χ4n) is 2.39. The lowest BCUT2D eigenvalue weighted by atomic mass is 10.1. The van der Waals surface area contributed by atoms with E-state index >= 15 is 0 Å². The average Bonchev–Trinajstić information content (AvgIpc) is 2.81. The summed E-state index contributed by atoms with van der Waals surface area (Å²) >= 11 is 1.49. The van der Waals surface area contributed by atoms with Crippen molar-refractivity contribution in [2.45, 2.75) is 33.7 Å². The second-order valence-corrected chi connectivity index (χ2v) is 6.65. The van der Waals surface area contributed by atoms with Gasteiger partial charge in [-0.25, -0.2) is 0 Å². The van der Waals surface area contributed by atoms with Crippen molar-refractivity contribution in [1.29, 1.82) is 0 Å². The predicted molar refractivity (Wildman–Crippen MR) is 91.4 cm³/mol. The SMILES string of the molecule is CCN(CC(=O)NC(C)C)C(=O)c1sc2ccccc2c1C. The molecule has 0 saturated carbocycles. The van der Waals surface area contributed by atoms with Crippen molar-refractivity contribution in [3.8, 4) is 0 Å². The molecule has 1 heterocycles. The summed E-state index contributed by atoms with van der Waals surface area (Å²) in [7, 11) is 0. The highest BCUT2D eigenvalue weighted by molar-refractivity contribution is 7.21. The van der Waals surface area contributed by atoms with Crippen LogP contribution in [0.3, 0.4) is 0 Å². The number of nitrogens with zero attached hydrogens (tertiary/aromatic N) is 1. The Bertz CT molecular complexity index is 691. The number of nitrogens with one attached hydrogen (secondary N) is 1. The van der Waals surface area contributed by atoms with Crippen LogP contribution in [-0.2, 0) is 4.79 Å². The molecule has 0 saturated heterocycles. The standard InChI is InChI=1S/C17H22N2O2S/c1-5-19(10-15(20)18-11(2)3)17(21)16-12(4)13-8-6-7-9-14(13)22-16/h6-9,11H,5,10H2,1-4H3,(H,18,20). The van der Waals surface area contributed by atoms with Gasteiger partial charge in [-0.3, -0.25) is 9.59 Å². The minimum atomic E-state index is -0.121. The number of carbonyl (C=O) groups is 2. The number of hydrogen-bond acceptors (Lipinski definition) is 3. The highest BCUT2D eigenvalue weighted by Crippen LogP contribution is 2.31. The lowest BCUT2D eigenvalue weighted by Crippen LogP contribution is -2.42. The molecule has 0 bridgehead atoms. The van der Waals surface area contributed by atoms with Crippen molar-refractivity contribution in [3.05, 3.63) is 34.7 Å². The predicted octanol–water partition coefficient (Wildman–Crippen LogP) is 3.20. The van der Waals surface area contributed by atoms with Gasteiger partial charge in [-0.1, -0.05) is 18.2 Å². The Morgan fingerprint density at radius 3 is 2.55 bits per heavy atom. The van der Waals surface area contributed by atoms with Gasteiger partial charge in [-0.15, -0.1) is 11.3 Å². The maximum Gasteiger partial charge on any atom is 0.264 e. The number of rotatable bonds is 5. The van der Waals surface area contributed by atoms with E-state index in [9.17, 15) is 9.59 Å². The van der Waals surface area contributed by atoms with Gasteiger partial charge in [0.05, 0.1) is 11.4 Å². The highest BCUT2D eigenvalue weighted by atomic mass is 32.1. The zero-order chi connectivity index (χ0) is 16.3. The van der Waals surface area contributed by atoms with Crippen molar-refractivity contribution in [1.82, 2.24) is 10.2 Å². The van der Waals surface area contributed by atoms with E-state index in [0.29, 0.717) is 6.54 Å². The van der Waals surface area contributed by atoms with Crippen LogP contribution in [0, 0.1) is 6.92 Å². The molecule has 0 aliphatic rings. The van der Waals surface area contributed by atoms with Gasteiger partial charge in [-0.05, 0) is 44.7 Å². The molecule has 2 aromatic rings. The number of hydrogen-bond donors (Lipinski definition) is 1. The molecule has 1 aromatic carbocycles. The minimum Gasteiger partial charge on any atom is -0.352 e. The molecule has 0 fully saturated rings. The van der Waals surface area contributed by atoms with Crippen LogP contribution >= 0.6 is 11.3 Å². The molecule has 22 heavy (non-hydrogen) atoms. The summed E-state index contributed by atoms with van der Waals surface area (Å²) in [5, 5.41) is 3.94. The van der Waals surface area contributed by atoms with Gasteiger partial charge in [0.2, 0.25) is 5.91 Å². The fraction of sp³-hybridized carbons (Fsp3) is 0.412. The van der Waals surface area contributed by atoms with E-state index in [1.807, 2.05) is 52.0 Å². The molecule has 1 aromatic heterocycles. The molecule has 1 N–H and O–H groups in total. The number of carbonyl (C=O) groups excluding carboxylic acids is 2. The summed E-state index contributed by atoms with van der Waals surface area (Å²) in [5.41, 5.74) is 0.994. The summed E-state index contributed by atoms with van der Waals surface area (Å²) in [6.45, 7) is 8.29. The van der Waals surface area contributed by atoms with Crippen LogP contribution in [0.15, 0.2) is 24.3 Å². The Morgan fingerprint density at radius 2 is 1.95 bits per heavy atom. The zero-order valence-corrected chi connectivity index (χ0v) is 14.3. The Kier molecular flexibility index (Phi) is 5.19. The summed E-state index contributed by atoms with van der Waals surface area (Å²) < 4.78 is 1.10. The molecule has 0 unspecified atom stereocenters. The van der Waals surface area contributed by atoms with Crippen LogP contribution in [0.5, 0.6) is 0 Å². The maximum absolute atomic E-state index is 12.7. The number of fused-ring (bicyclic) bond motifs is 1. The topological polar surface area (TPSA) is 49.4 Å². The van der Waals surface area contributed by atoms with Gasteiger partial charge < -0.3 is 10.2 Å². The molecule has 0 radical (unpaired) electrons. The molecule has 118 valence electrons. The molecular weight excluding hydrogens is 296 g/mol. The third-order valence-electron chi connectivity index (χ3n) is 3.49. The lowest BCUT2D eigenvalue weighted by molar-refractivity contribution is -0.122. The van der Waals surface area contributed by atoms with E-state index in [4.69, 9.17) is 0 Å². The monoisotopic (exact) mass is 318 g/mol. The first-order valence-electron chi connectivity index (χ1n) is 7.50. The highest BCUT2D eigenvalue weighted by Gasteiger charge is 2.22. The molecule has 4 nitrogen and oxygen atoms in total. The Hall–Kier alpha value is -1.88. The lowest BCUT2D eigenvalue weighted by Gasteiger charge is -2.20. The Balaban J connectivity index is 2.23. The summed E-state index contributed by atoms with van der Waals surface area (Å²) in [6, 6.07) is 8.07. The largest absolute Gasteiger partial charge is 0.352 e. The fourth-order valence-corrected chi connectivity index (χ4v) is 3.57. The minimum absolute atomic E-state index is 0.0693. The third-order valence-corrected chi connectivity index (χ3v) is 4.75. The number of thiophene rings is 1. The van der Waals surface area contributed by atoms with Gasteiger partial charge in [0, 0.05) is 17.3 Å². The van der Waals surface area contributed by atoms with E-state index in [-0.39, 0.29) is 24.4 Å². The van der Waals surface area contributed by atoms with Crippen LogP contribution < -0.4 is 5.32 Å². The van der Waals surface area contributed by atoms with Crippen molar-refractivity contribution < 1.29 is 9.59 Å². The number of amides is 2. The average molecular weight is 318 g/mol. The summed E-state index contributed by atoms with van der Waals surface area (Å²) in [6.07, 6.45) is 0. The van der Waals surface area contributed by atoms with Crippen LogP contribution in [0.25, 0.3) is 10.1 Å². The van der Waals surface area contributed by atoms with E-state index in [1.54, 1.807) is 4.90 Å². The van der Waals surface area contributed by atoms with E-state index in [1.165, 1.54) is 11.3 Å². The second-order valence-electron chi connectivity index (χ2n) is 5.59. The Labute approximate surface area is 135 Å². The van der Waals surface area contributed by atoms with Gasteiger partial charge >= 0.3 is 0 Å². The molecule has 2 rings (SSSR count). The number of benzene rings is 1. The zero-order valence-electron chi connectivity index (χ0n) is 13.5. The number of aryl methyl sites for hydroxylation is 1. The second kappa shape index (κ2) is 6.92. The van der Waals surface area contributed by atoms with Crippen molar-refractivity contribution in [2.24, 2.45) is 0 Å². The first kappa shape index (κ1) is 16.5. The van der Waals surface area contributed by atoms with Gasteiger partial charge in [0.25, 0.3) is 5.91 Å². The van der Waals surface area contributed by atoms with Crippen LogP contribution in [0.2, 0.25) is 0 Å². The van der Waals surface area contributed by atoms with Gasteiger partial charge in [0.1, 0.15) is 0 Å². The molecule has 2 amide bonds. The maximum atomic E-state index is 12.7. The Morgan fingerprint density at radius 1 is 1.27 bits per heavy atom. The molecule has 0 atom stereocenters. The quantitative estimate of drug-likeness (QED) is 0.920.